The molecule has 2 aromatic rings. The average Bonchev–Trinajstić information content (AvgIpc) is 3.33. The van der Waals surface area contributed by atoms with Crippen LogP contribution in [0.1, 0.15) is 41.9 Å². The van der Waals surface area contributed by atoms with Crippen LogP contribution in [0.15, 0.2) is 35.7 Å². The first-order chi connectivity index (χ1) is 12.8. The van der Waals surface area contributed by atoms with Crippen molar-refractivity contribution >= 4 is 46.4 Å². The lowest BCUT2D eigenvalue weighted by Crippen LogP contribution is -2.48. The molecule has 144 valence electrons. The predicted octanol–water partition coefficient (Wildman–Crippen LogP) is 4.75. The molecule has 0 bridgehead atoms. The number of benzene rings is 1. The van der Waals surface area contributed by atoms with E-state index in [1.165, 1.54) is 11.3 Å². The van der Waals surface area contributed by atoms with E-state index in [0.29, 0.717) is 34.4 Å². The van der Waals surface area contributed by atoms with Gasteiger partial charge >= 0.3 is 0 Å². The molecule has 0 saturated carbocycles. The number of nitrogens with zero attached hydrogens (tertiary/aromatic N) is 1. The normalized spacial score (nSPS) is 17.2. The lowest BCUT2D eigenvalue weighted by molar-refractivity contribution is -0.125. The quantitative estimate of drug-likeness (QED) is 0.752. The summed E-state index contributed by atoms with van der Waals surface area (Å²) in [6.45, 7) is 5.14. The van der Waals surface area contributed by atoms with E-state index in [2.05, 4.69) is 5.32 Å². The van der Waals surface area contributed by atoms with Crippen LogP contribution in [0.5, 0.6) is 0 Å². The first-order valence-electron chi connectivity index (χ1n) is 8.87. The highest BCUT2D eigenvalue weighted by Gasteiger charge is 2.35. The highest BCUT2D eigenvalue weighted by molar-refractivity contribution is 7.12. The summed E-state index contributed by atoms with van der Waals surface area (Å²) in [6.07, 6.45) is 1.53. The molecule has 1 aromatic carbocycles. The Labute approximate surface area is 173 Å². The zero-order valence-electron chi connectivity index (χ0n) is 15.3. The summed E-state index contributed by atoms with van der Waals surface area (Å²) >= 11 is 13.5. The highest BCUT2D eigenvalue weighted by Crippen LogP contribution is 2.30. The second-order valence-corrected chi connectivity index (χ2v) is 9.13. The Kier molecular flexibility index (Phi) is 6.14. The van der Waals surface area contributed by atoms with Gasteiger partial charge in [-0.2, -0.15) is 0 Å². The maximum absolute atomic E-state index is 12.8. The molecule has 0 radical (unpaired) electrons. The summed E-state index contributed by atoms with van der Waals surface area (Å²) in [5, 5.41) is 5.90. The summed E-state index contributed by atoms with van der Waals surface area (Å²) in [5.41, 5.74) is 0.681. The predicted molar refractivity (Wildman–Crippen MR) is 111 cm³/mol. The molecule has 3 rings (SSSR count). The van der Waals surface area contributed by atoms with E-state index in [4.69, 9.17) is 23.2 Å². The lowest BCUT2D eigenvalue weighted by Gasteiger charge is -2.29. The molecule has 0 unspecified atom stereocenters. The van der Waals surface area contributed by atoms with Gasteiger partial charge in [0.15, 0.2) is 0 Å². The molecule has 1 aliphatic rings. The van der Waals surface area contributed by atoms with E-state index in [-0.39, 0.29) is 17.2 Å². The molecule has 7 heteroatoms. The molecule has 2 heterocycles. The smallest absolute Gasteiger partial charge is 0.264 e. The van der Waals surface area contributed by atoms with Crippen molar-refractivity contribution in [1.82, 2.24) is 10.2 Å². The summed E-state index contributed by atoms with van der Waals surface area (Å²) in [5.74, 6) is -0.170. The van der Waals surface area contributed by atoms with Crippen molar-refractivity contribution in [2.75, 3.05) is 13.1 Å². The number of amides is 2. The largest absolute Gasteiger partial charge is 0.353 e. The van der Waals surface area contributed by atoms with Crippen molar-refractivity contribution in [2.45, 2.75) is 38.1 Å². The highest BCUT2D eigenvalue weighted by atomic mass is 35.5. The molecule has 27 heavy (non-hydrogen) atoms. The van der Waals surface area contributed by atoms with E-state index in [1.54, 1.807) is 17.0 Å². The lowest BCUT2D eigenvalue weighted by atomic mass is 9.84. The number of carbonyl (C=O) groups excluding carboxylic acids is 2. The van der Waals surface area contributed by atoms with Crippen LogP contribution in [0, 0.1) is 0 Å². The number of halogens is 2. The van der Waals surface area contributed by atoms with Gasteiger partial charge in [-0.15, -0.1) is 11.3 Å². The summed E-state index contributed by atoms with van der Waals surface area (Å²) in [7, 11) is 0. The summed E-state index contributed by atoms with van der Waals surface area (Å²) in [6, 6.07) is 8.75. The summed E-state index contributed by atoms with van der Waals surface area (Å²) in [4.78, 5) is 27.8. The van der Waals surface area contributed by atoms with Gasteiger partial charge in [0, 0.05) is 18.5 Å². The van der Waals surface area contributed by atoms with Crippen LogP contribution >= 0.6 is 34.5 Å². The Morgan fingerprint density at radius 2 is 2.04 bits per heavy atom. The van der Waals surface area contributed by atoms with E-state index in [1.807, 2.05) is 37.4 Å². The Hall–Kier alpha value is -1.56. The number of likely N-dealkylation sites (tertiary alicyclic amines) is 1. The third-order valence-electron chi connectivity index (χ3n) is 4.95. The van der Waals surface area contributed by atoms with Gasteiger partial charge in [0.1, 0.15) is 6.04 Å². The molecular weight excluding hydrogens is 403 g/mol. The van der Waals surface area contributed by atoms with Crippen molar-refractivity contribution in [2.24, 2.45) is 0 Å². The van der Waals surface area contributed by atoms with Gasteiger partial charge in [-0.1, -0.05) is 49.2 Å². The topological polar surface area (TPSA) is 49.4 Å². The fourth-order valence-electron chi connectivity index (χ4n) is 3.27. The van der Waals surface area contributed by atoms with Crippen LogP contribution in [-0.4, -0.2) is 35.8 Å². The molecule has 1 aromatic heterocycles. The molecular formula is C20H22Cl2N2O2S. The van der Waals surface area contributed by atoms with Crippen molar-refractivity contribution in [3.63, 3.8) is 0 Å². The zero-order valence-corrected chi connectivity index (χ0v) is 17.6. The average molecular weight is 425 g/mol. The minimum atomic E-state index is -0.413. The van der Waals surface area contributed by atoms with Crippen LogP contribution < -0.4 is 5.32 Å². The van der Waals surface area contributed by atoms with Crippen molar-refractivity contribution in [3.05, 3.63) is 56.2 Å². The molecule has 1 N–H and O–H groups in total. The number of hydrogen-bond acceptors (Lipinski definition) is 3. The monoisotopic (exact) mass is 424 g/mol. The minimum absolute atomic E-state index is 0.0635. The van der Waals surface area contributed by atoms with E-state index in [0.717, 1.165) is 12.0 Å². The van der Waals surface area contributed by atoms with Crippen LogP contribution in [0.3, 0.4) is 0 Å². The number of rotatable bonds is 5. The Bertz CT molecular complexity index is 837. The standard InChI is InChI=1S/C20H22Cl2N2O2S/c1-20(2,13-7-8-14(21)15(22)11-13)12-23-18(25)16-5-3-9-24(16)19(26)17-6-4-10-27-17/h4,6-8,10-11,16H,3,5,9,12H2,1-2H3,(H,23,25)/t16-/m0/s1. The van der Waals surface area contributed by atoms with Crippen LogP contribution in [0.25, 0.3) is 0 Å². The van der Waals surface area contributed by atoms with Gasteiger partial charge in [-0.05, 0) is 42.0 Å². The van der Waals surface area contributed by atoms with Gasteiger partial charge in [0.05, 0.1) is 14.9 Å². The van der Waals surface area contributed by atoms with E-state index in [9.17, 15) is 9.59 Å². The number of thiophene rings is 1. The van der Waals surface area contributed by atoms with Crippen LogP contribution in [0.4, 0.5) is 0 Å². The SMILES string of the molecule is CC(C)(CNC(=O)[C@@H]1CCCN1C(=O)c1cccs1)c1ccc(Cl)c(Cl)c1. The number of carbonyl (C=O) groups is 2. The van der Waals surface area contributed by atoms with Gasteiger partial charge in [0.2, 0.25) is 5.91 Å². The fourth-order valence-corrected chi connectivity index (χ4v) is 4.25. The molecule has 1 saturated heterocycles. The number of hydrogen-bond donors (Lipinski definition) is 1. The minimum Gasteiger partial charge on any atom is -0.353 e. The van der Waals surface area contributed by atoms with E-state index < -0.39 is 6.04 Å². The maximum atomic E-state index is 12.8. The first-order valence-corrected chi connectivity index (χ1v) is 10.5. The molecule has 1 fully saturated rings. The Morgan fingerprint density at radius 1 is 1.26 bits per heavy atom. The maximum Gasteiger partial charge on any atom is 0.264 e. The fraction of sp³-hybridized carbons (Fsp3) is 0.400. The molecule has 0 aliphatic carbocycles. The Morgan fingerprint density at radius 3 is 2.70 bits per heavy atom. The molecule has 2 amide bonds. The molecule has 1 atom stereocenters. The van der Waals surface area contributed by atoms with Crippen molar-refractivity contribution in [3.8, 4) is 0 Å². The van der Waals surface area contributed by atoms with Gasteiger partial charge in [-0.25, -0.2) is 0 Å². The van der Waals surface area contributed by atoms with Crippen LogP contribution in [0.2, 0.25) is 10.0 Å². The van der Waals surface area contributed by atoms with Crippen LogP contribution in [-0.2, 0) is 10.2 Å². The second-order valence-electron chi connectivity index (χ2n) is 7.36. The molecule has 0 spiro atoms. The van der Waals surface area contributed by atoms with Gasteiger partial charge < -0.3 is 10.2 Å². The first kappa shape index (κ1) is 20.2. The second kappa shape index (κ2) is 8.21. The number of nitrogens with one attached hydrogen (secondary N) is 1. The van der Waals surface area contributed by atoms with E-state index >= 15 is 0 Å². The zero-order chi connectivity index (χ0) is 19.6. The summed E-state index contributed by atoms with van der Waals surface area (Å²) < 4.78 is 0. The van der Waals surface area contributed by atoms with Gasteiger partial charge in [0.25, 0.3) is 5.91 Å². The molecule has 4 nitrogen and oxygen atoms in total. The third-order valence-corrected chi connectivity index (χ3v) is 6.55. The Balaban J connectivity index is 1.65. The van der Waals surface area contributed by atoms with Gasteiger partial charge in [-0.3, -0.25) is 9.59 Å². The third kappa shape index (κ3) is 4.48. The van der Waals surface area contributed by atoms with Crippen molar-refractivity contribution < 1.29 is 9.59 Å². The molecule has 1 aliphatic heterocycles. The van der Waals surface area contributed by atoms with Crippen molar-refractivity contribution in [1.29, 1.82) is 0 Å².